The van der Waals surface area contributed by atoms with E-state index in [0.29, 0.717) is 5.69 Å². The molecule has 15 heavy (non-hydrogen) atoms. The summed E-state index contributed by atoms with van der Waals surface area (Å²) >= 11 is 0. The Morgan fingerprint density at radius 3 is 2.60 bits per heavy atom. The molecule has 0 aliphatic carbocycles. The average Bonchev–Trinajstić information content (AvgIpc) is 2.14. The number of benzene rings is 1. The first-order valence-electron chi connectivity index (χ1n) is 4.49. The van der Waals surface area contributed by atoms with Gasteiger partial charge in [0, 0.05) is 12.2 Å². The van der Waals surface area contributed by atoms with Crippen molar-refractivity contribution >= 4 is 5.69 Å². The van der Waals surface area contributed by atoms with Crippen molar-refractivity contribution in [1.29, 1.82) is 0 Å². The molecule has 0 amide bonds. The van der Waals surface area contributed by atoms with Gasteiger partial charge in [0.05, 0.1) is 11.7 Å². The van der Waals surface area contributed by atoms with E-state index in [1.807, 2.05) is 0 Å². The number of hydrogen-bond acceptors (Lipinski definition) is 2. The van der Waals surface area contributed by atoms with E-state index in [9.17, 15) is 13.2 Å². The summed E-state index contributed by atoms with van der Waals surface area (Å²) in [5, 5.41) is 11.7. The van der Waals surface area contributed by atoms with Gasteiger partial charge in [-0.1, -0.05) is 6.07 Å². The summed E-state index contributed by atoms with van der Waals surface area (Å²) < 4.78 is 36.9. The third kappa shape index (κ3) is 3.79. The highest BCUT2D eigenvalue weighted by atomic mass is 19.4. The zero-order valence-corrected chi connectivity index (χ0v) is 8.17. The summed E-state index contributed by atoms with van der Waals surface area (Å²) in [6.45, 7) is 1.78. The Morgan fingerprint density at radius 1 is 1.40 bits per heavy atom. The first kappa shape index (κ1) is 11.8. The minimum Gasteiger partial charge on any atom is -0.392 e. The number of aliphatic hydroxyl groups excluding tert-OH is 1. The number of halogens is 3. The molecule has 0 bridgehead atoms. The van der Waals surface area contributed by atoms with E-state index in [1.165, 1.54) is 12.1 Å². The summed E-state index contributed by atoms with van der Waals surface area (Å²) in [6.07, 6.45) is -4.93. The van der Waals surface area contributed by atoms with E-state index in [0.717, 1.165) is 12.1 Å². The third-order valence-corrected chi connectivity index (χ3v) is 1.79. The van der Waals surface area contributed by atoms with E-state index in [1.54, 1.807) is 6.92 Å². The van der Waals surface area contributed by atoms with Gasteiger partial charge in [-0.2, -0.15) is 13.2 Å². The van der Waals surface area contributed by atoms with Crippen molar-refractivity contribution in [3.63, 3.8) is 0 Å². The van der Waals surface area contributed by atoms with Crippen molar-refractivity contribution in [3.05, 3.63) is 29.8 Å². The lowest BCUT2D eigenvalue weighted by molar-refractivity contribution is -0.137. The van der Waals surface area contributed by atoms with Crippen molar-refractivity contribution in [3.8, 4) is 0 Å². The standard InChI is InChI=1S/C10H12F3NO/c1-7(15)6-14-9-4-2-3-8(5-9)10(11,12)13/h2-5,7,14-15H,6H2,1H3/t7-/m1/s1. The second-order valence-electron chi connectivity index (χ2n) is 3.31. The molecule has 0 saturated heterocycles. The van der Waals surface area contributed by atoms with Crippen LogP contribution in [0.2, 0.25) is 0 Å². The predicted octanol–water partition coefficient (Wildman–Crippen LogP) is 2.50. The first-order chi connectivity index (χ1) is 6.89. The van der Waals surface area contributed by atoms with Crippen LogP contribution in [-0.2, 0) is 6.18 Å². The summed E-state index contributed by atoms with van der Waals surface area (Å²) in [4.78, 5) is 0. The van der Waals surface area contributed by atoms with Crippen LogP contribution in [0.5, 0.6) is 0 Å². The van der Waals surface area contributed by atoms with Crippen LogP contribution in [0.25, 0.3) is 0 Å². The molecule has 1 rings (SSSR count). The number of alkyl halides is 3. The maximum absolute atomic E-state index is 12.3. The number of hydrogen-bond donors (Lipinski definition) is 2. The third-order valence-electron chi connectivity index (χ3n) is 1.79. The minimum atomic E-state index is -4.33. The zero-order valence-electron chi connectivity index (χ0n) is 8.17. The summed E-state index contributed by atoms with van der Waals surface area (Å²) in [5.74, 6) is 0. The Labute approximate surface area is 85.7 Å². The summed E-state index contributed by atoms with van der Waals surface area (Å²) in [5.41, 5.74) is -0.344. The number of aliphatic hydroxyl groups is 1. The van der Waals surface area contributed by atoms with E-state index in [2.05, 4.69) is 5.32 Å². The molecule has 0 aliphatic rings. The van der Waals surface area contributed by atoms with E-state index < -0.39 is 17.8 Å². The van der Waals surface area contributed by atoms with Crippen molar-refractivity contribution < 1.29 is 18.3 Å². The molecular weight excluding hydrogens is 207 g/mol. The molecular formula is C10H12F3NO. The molecule has 0 aliphatic heterocycles. The van der Waals surface area contributed by atoms with Crippen LogP contribution < -0.4 is 5.32 Å². The monoisotopic (exact) mass is 219 g/mol. The maximum atomic E-state index is 12.3. The van der Waals surface area contributed by atoms with Gasteiger partial charge in [0.25, 0.3) is 0 Å². The first-order valence-corrected chi connectivity index (χ1v) is 4.49. The fourth-order valence-corrected chi connectivity index (χ4v) is 1.07. The fraction of sp³-hybridized carbons (Fsp3) is 0.400. The number of anilines is 1. The van der Waals surface area contributed by atoms with E-state index in [-0.39, 0.29) is 6.54 Å². The van der Waals surface area contributed by atoms with Gasteiger partial charge in [-0.25, -0.2) is 0 Å². The molecule has 0 heterocycles. The van der Waals surface area contributed by atoms with Crippen molar-refractivity contribution in [2.45, 2.75) is 19.2 Å². The van der Waals surface area contributed by atoms with E-state index >= 15 is 0 Å². The SMILES string of the molecule is C[C@@H](O)CNc1cccc(C(F)(F)F)c1. The van der Waals surface area contributed by atoms with Crippen molar-refractivity contribution in [2.24, 2.45) is 0 Å². The van der Waals surface area contributed by atoms with Crippen LogP contribution in [0.4, 0.5) is 18.9 Å². The number of nitrogens with one attached hydrogen (secondary N) is 1. The molecule has 5 heteroatoms. The van der Waals surface area contributed by atoms with Crippen LogP contribution >= 0.6 is 0 Å². The molecule has 84 valence electrons. The predicted molar refractivity (Wildman–Crippen MR) is 51.6 cm³/mol. The normalized spacial score (nSPS) is 13.7. The molecule has 0 aromatic heterocycles. The Kier molecular flexibility index (Phi) is 3.57. The molecule has 0 fully saturated rings. The highest BCUT2D eigenvalue weighted by Crippen LogP contribution is 2.30. The highest BCUT2D eigenvalue weighted by molar-refractivity contribution is 5.46. The molecule has 1 atom stereocenters. The fourth-order valence-electron chi connectivity index (χ4n) is 1.07. The molecule has 0 saturated carbocycles. The van der Waals surface area contributed by atoms with Gasteiger partial charge in [0.15, 0.2) is 0 Å². The quantitative estimate of drug-likeness (QED) is 0.818. The van der Waals surface area contributed by atoms with Crippen LogP contribution in [-0.4, -0.2) is 17.8 Å². The van der Waals surface area contributed by atoms with Crippen molar-refractivity contribution in [2.75, 3.05) is 11.9 Å². The van der Waals surface area contributed by atoms with Gasteiger partial charge in [-0.15, -0.1) is 0 Å². The lowest BCUT2D eigenvalue weighted by Gasteiger charge is -2.11. The van der Waals surface area contributed by atoms with Gasteiger partial charge in [0.1, 0.15) is 0 Å². The Hall–Kier alpha value is -1.23. The van der Waals surface area contributed by atoms with Crippen LogP contribution in [0, 0.1) is 0 Å². The zero-order chi connectivity index (χ0) is 11.5. The number of rotatable bonds is 3. The topological polar surface area (TPSA) is 32.3 Å². The lowest BCUT2D eigenvalue weighted by atomic mass is 10.2. The van der Waals surface area contributed by atoms with Crippen LogP contribution in [0.15, 0.2) is 24.3 Å². The lowest BCUT2D eigenvalue weighted by Crippen LogP contribution is -2.15. The second kappa shape index (κ2) is 4.53. The Morgan fingerprint density at radius 2 is 2.07 bits per heavy atom. The van der Waals surface area contributed by atoms with Gasteiger partial charge in [-0.05, 0) is 25.1 Å². The highest BCUT2D eigenvalue weighted by Gasteiger charge is 2.30. The minimum absolute atomic E-state index is 0.224. The molecule has 1 aromatic carbocycles. The largest absolute Gasteiger partial charge is 0.416 e. The summed E-state index contributed by atoms with van der Waals surface area (Å²) in [7, 11) is 0. The second-order valence-corrected chi connectivity index (χ2v) is 3.31. The van der Waals surface area contributed by atoms with Crippen LogP contribution in [0.1, 0.15) is 12.5 Å². The maximum Gasteiger partial charge on any atom is 0.416 e. The molecule has 1 aromatic rings. The van der Waals surface area contributed by atoms with Crippen molar-refractivity contribution in [1.82, 2.24) is 0 Å². The van der Waals surface area contributed by atoms with Gasteiger partial charge >= 0.3 is 6.18 Å². The molecule has 0 radical (unpaired) electrons. The average molecular weight is 219 g/mol. The Balaban J connectivity index is 2.75. The van der Waals surface area contributed by atoms with Gasteiger partial charge < -0.3 is 10.4 Å². The Bertz CT molecular complexity index is 323. The molecule has 0 spiro atoms. The molecule has 0 unspecified atom stereocenters. The van der Waals surface area contributed by atoms with Gasteiger partial charge in [-0.3, -0.25) is 0 Å². The van der Waals surface area contributed by atoms with Crippen LogP contribution in [0.3, 0.4) is 0 Å². The molecule has 2 nitrogen and oxygen atoms in total. The smallest absolute Gasteiger partial charge is 0.392 e. The van der Waals surface area contributed by atoms with Gasteiger partial charge in [0.2, 0.25) is 0 Å². The summed E-state index contributed by atoms with van der Waals surface area (Å²) in [6, 6.07) is 4.88. The molecule has 2 N–H and O–H groups in total. The van der Waals surface area contributed by atoms with E-state index in [4.69, 9.17) is 5.11 Å².